The molecule has 0 aliphatic carbocycles. The van der Waals surface area contributed by atoms with Crippen molar-refractivity contribution >= 4 is 16.2 Å². The van der Waals surface area contributed by atoms with E-state index in [1.807, 2.05) is 0 Å². The highest BCUT2D eigenvalue weighted by Crippen LogP contribution is 2.24. The van der Waals surface area contributed by atoms with E-state index < -0.39 is 10.0 Å². The van der Waals surface area contributed by atoms with Crippen molar-refractivity contribution in [1.29, 1.82) is 0 Å². The van der Waals surface area contributed by atoms with E-state index in [2.05, 4.69) is 9.93 Å². The molecule has 0 radical (unpaired) electrons. The second-order valence-corrected chi connectivity index (χ2v) is 5.94. The van der Waals surface area contributed by atoms with Gasteiger partial charge >= 0.3 is 0 Å². The van der Waals surface area contributed by atoms with Crippen LogP contribution in [-0.2, 0) is 10.0 Å². The molecule has 2 aromatic rings. The monoisotopic (exact) mass is 322 g/mol. The van der Waals surface area contributed by atoms with E-state index >= 15 is 0 Å². The van der Waals surface area contributed by atoms with Crippen LogP contribution in [-0.4, -0.2) is 32.0 Å². The normalized spacial score (nSPS) is 11.5. The molecule has 22 heavy (non-hydrogen) atoms. The SMILES string of the molecule is COc1ccc(S(=O)(=O)N/N=C\c2ccc(O)c(O)c2)cc1. The molecule has 116 valence electrons. The minimum absolute atomic E-state index is 0.0407. The van der Waals surface area contributed by atoms with E-state index in [0.717, 1.165) is 0 Å². The van der Waals surface area contributed by atoms with Crippen LogP contribution in [0, 0.1) is 0 Å². The molecule has 0 saturated carbocycles. The predicted molar refractivity (Wildman–Crippen MR) is 80.7 cm³/mol. The topological polar surface area (TPSA) is 108 Å². The van der Waals surface area contributed by atoms with Gasteiger partial charge in [0.2, 0.25) is 0 Å². The summed E-state index contributed by atoms with van der Waals surface area (Å²) in [5.41, 5.74) is 0.424. The van der Waals surface area contributed by atoms with Crippen LogP contribution in [0.3, 0.4) is 0 Å². The van der Waals surface area contributed by atoms with Gasteiger partial charge in [-0.25, -0.2) is 4.83 Å². The number of aromatic hydroxyl groups is 2. The minimum atomic E-state index is -3.79. The average molecular weight is 322 g/mol. The van der Waals surface area contributed by atoms with Gasteiger partial charge in [-0.15, -0.1) is 0 Å². The Morgan fingerprint density at radius 2 is 1.77 bits per heavy atom. The largest absolute Gasteiger partial charge is 0.504 e. The van der Waals surface area contributed by atoms with E-state index in [1.165, 1.54) is 55.8 Å². The predicted octanol–water partition coefficient (Wildman–Crippen LogP) is 1.42. The van der Waals surface area contributed by atoms with Gasteiger partial charge in [0.15, 0.2) is 11.5 Å². The van der Waals surface area contributed by atoms with Crippen molar-refractivity contribution in [3.63, 3.8) is 0 Å². The summed E-state index contributed by atoms with van der Waals surface area (Å²) in [6.45, 7) is 0. The van der Waals surface area contributed by atoms with Crippen LogP contribution in [0.2, 0.25) is 0 Å². The quantitative estimate of drug-likeness (QED) is 0.438. The Labute approximate surface area is 127 Å². The first-order chi connectivity index (χ1) is 10.4. The number of benzene rings is 2. The zero-order chi connectivity index (χ0) is 16.2. The number of hydrogen-bond acceptors (Lipinski definition) is 6. The first-order valence-electron chi connectivity index (χ1n) is 6.13. The third-order valence-electron chi connectivity index (χ3n) is 2.76. The molecule has 8 heteroatoms. The van der Waals surface area contributed by atoms with E-state index in [1.54, 1.807) is 0 Å². The second-order valence-electron chi connectivity index (χ2n) is 4.28. The van der Waals surface area contributed by atoms with Crippen LogP contribution in [0.1, 0.15) is 5.56 Å². The van der Waals surface area contributed by atoms with E-state index in [-0.39, 0.29) is 16.4 Å². The lowest BCUT2D eigenvalue weighted by molar-refractivity contribution is 0.403. The van der Waals surface area contributed by atoms with Gasteiger partial charge in [0.25, 0.3) is 10.0 Å². The molecule has 7 nitrogen and oxygen atoms in total. The Balaban J connectivity index is 2.11. The Kier molecular flexibility index (Phi) is 4.52. The number of hydrazone groups is 1. The number of nitrogens with one attached hydrogen (secondary N) is 1. The average Bonchev–Trinajstić information content (AvgIpc) is 2.51. The highest BCUT2D eigenvalue weighted by molar-refractivity contribution is 7.89. The molecular formula is C14H14N2O5S. The van der Waals surface area contributed by atoms with Crippen LogP contribution in [0.25, 0.3) is 0 Å². The molecule has 0 atom stereocenters. The summed E-state index contributed by atoms with van der Waals surface area (Å²) in [7, 11) is -2.30. The molecule has 3 N–H and O–H groups in total. The highest BCUT2D eigenvalue weighted by atomic mass is 32.2. The first-order valence-corrected chi connectivity index (χ1v) is 7.61. The van der Waals surface area contributed by atoms with Crippen molar-refractivity contribution in [3.05, 3.63) is 48.0 Å². The van der Waals surface area contributed by atoms with Crippen molar-refractivity contribution in [2.75, 3.05) is 7.11 Å². The lowest BCUT2D eigenvalue weighted by Gasteiger charge is -2.04. The summed E-state index contributed by atoms with van der Waals surface area (Å²) < 4.78 is 28.9. The fraction of sp³-hybridized carbons (Fsp3) is 0.0714. The summed E-state index contributed by atoms with van der Waals surface area (Å²) in [6.07, 6.45) is 1.21. The van der Waals surface area contributed by atoms with Gasteiger partial charge in [-0.05, 0) is 48.0 Å². The Hall–Kier alpha value is -2.74. The number of sulfonamides is 1. The lowest BCUT2D eigenvalue weighted by Crippen LogP contribution is -2.18. The molecule has 0 bridgehead atoms. The molecule has 0 spiro atoms. The summed E-state index contributed by atoms with van der Waals surface area (Å²) in [5, 5.41) is 22.1. The molecule has 0 aliphatic heterocycles. The Bertz CT molecular complexity index is 785. The molecule has 2 aromatic carbocycles. The molecule has 0 aromatic heterocycles. The van der Waals surface area contributed by atoms with Gasteiger partial charge in [0.05, 0.1) is 18.2 Å². The molecule has 0 unspecified atom stereocenters. The van der Waals surface area contributed by atoms with Gasteiger partial charge in [-0.1, -0.05) is 0 Å². The molecule has 0 saturated heterocycles. The molecular weight excluding hydrogens is 308 g/mol. The number of nitrogens with zero attached hydrogens (tertiary/aromatic N) is 1. The van der Waals surface area contributed by atoms with Gasteiger partial charge in [0.1, 0.15) is 5.75 Å². The summed E-state index contributed by atoms with van der Waals surface area (Å²) in [5.74, 6) is -0.0417. The number of rotatable bonds is 5. The van der Waals surface area contributed by atoms with Crippen LogP contribution in [0.4, 0.5) is 0 Å². The Morgan fingerprint density at radius 1 is 1.09 bits per heavy atom. The van der Waals surface area contributed by atoms with E-state index in [9.17, 15) is 18.6 Å². The maximum atomic E-state index is 12.0. The van der Waals surface area contributed by atoms with Crippen molar-refractivity contribution in [2.24, 2.45) is 5.10 Å². The molecule has 0 aliphatic rings. The van der Waals surface area contributed by atoms with Crippen LogP contribution in [0.5, 0.6) is 17.2 Å². The van der Waals surface area contributed by atoms with Gasteiger partial charge in [0, 0.05) is 0 Å². The highest BCUT2D eigenvalue weighted by Gasteiger charge is 2.12. The van der Waals surface area contributed by atoms with E-state index in [4.69, 9.17) is 4.74 Å². The fourth-order valence-corrected chi connectivity index (χ4v) is 2.39. The fourth-order valence-electron chi connectivity index (χ4n) is 1.60. The van der Waals surface area contributed by atoms with Crippen molar-refractivity contribution in [1.82, 2.24) is 4.83 Å². The Morgan fingerprint density at radius 3 is 2.36 bits per heavy atom. The molecule has 2 rings (SSSR count). The number of phenolic OH excluding ortho intramolecular Hbond substituents is 2. The molecule has 0 heterocycles. The summed E-state index contributed by atoms with van der Waals surface area (Å²) in [4.78, 5) is 2.09. The second kappa shape index (κ2) is 6.35. The van der Waals surface area contributed by atoms with Crippen molar-refractivity contribution in [3.8, 4) is 17.2 Å². The number of methoxy groups -OCH3 is 1. The zero-order valence-electron chi connectivity index (χ0n) is 11.6. The van der Waals surface area contributed by atoms with Crippen molar-refractivity contribution in [2.45, 2.75) is 4.90 Å². The number of ether oxygens (including phenoxy) is 1. The maximum Gasteiger partial charge on any atom is 0.276 e. The number of phenols is 2. The van der Waals surface area contributed by atoms with Crippen LogP contribution in [0.15, 0.2) is 52.5 Å². The van der Waals surface area contributed by atoms with Crippen LogP contribution < -0.4 is 9.57 Å². The maximum absolute atomic E-state index is 12.0. The third kappa shape index (κ3) is 3.67. The van der Waals surface area contributed by atoms with E-state index in [0.29, 0.717) is 11.3 Å². The van der Waals surface area contributed by atoms with Crippen LogP contribution >= 0.6 is 0 Å². The third-order valence-corrected chi connectivity index (χ3v) is 3.99. The standard InChI is InChI=1S/C14H14N2O5S/c1-21-11-3-5-12(6-4-11)22(19,20)16-15-9-10-2-7-13(17)14(18)8-10/h2-9,16-18H,1H3/b15-9-. The number of hydrogen-bond donors (Lipinski definition) is 3. The smallest absolute Gasteiger partial charge is 0.276 e. The van der Waals surface area contributed by atoms with Gasteiger partial charge < -0.3 is 14.9 Å². The zero-order valence-corrected chi connectivity index (χ0v) is 12.4. The lowest BCUT2D eigenvalue weighted by atomic mass is 10.2. The summed E-state index contributed by atoms with van der Waals surface area (Å²) in [6, 6.07) is 9.83. The first kappa shape index (κ1) is 15.6. The molecule has 0 fully saturated rings. The molecule has 0 amide bonds. The minimum Gasteiger partial charge on any atom is -0.504 e. The van der Waals surface area contributed by atoms with Gasteiger partial charge in [-0.3, -0.25) is 0 Å². The summed E-state index contributed by atoms with van der Waals surface area (Å²) >= 11 is 0. The van der Waals surface area contributed by atoms with Gasteiger partial charge in [-0.2, -0.15) is 13.5 Å². The van der Waals surface area contributed by atoms with Crippen molar-refractivity contribution < 1.29 is 23.4 Å².